The second-order valence-corrected chi connectivity index (χ2v) is 4.45. The molecule has 5 heteroatoms. The molecule has 0 bridgehead atoms. The Labute approximate surface area is 115 Å². The van der Waals surface area contributed by atoms with E-state index in [1.807, 2.05) is 12.1 Å². The van der Waals surface area contributed by atoms with E-state index < -0.39 is 0 Å². The second kappa shape index (κ2) is 4.77. The minimum absolute atomic E-state index is 0.319. The largest absolute Gasteiger partial charge is 0.383 e. The summed E-state index contributed by atoms with van der Waals surface area (Å²) in [7, 11) is 1.74. The molecule has 0 fully saturated rings. The maximum Gasteiger partial charge on any atom is 0.132 e. The van der Waals surface area contributed by atoms with Crippen molar-refractivity contribution in [1.29, 1.82) is 0 Å². The Morgan fingerprint density at radius 2 is 1.80 bits per heavy atom. The number of hydrogen-bond acceptors (Lipinski definition) is 3. The molecule has 0 radical (unpaired) electrons. The first kappa shape index (κ1) is 12.3. The lowest BCUT2D eigenvalue weighted by molar-refractivity contribution is 0.630. The number of aromatic nitrogens is 3. The van der Waals surface area contributed by atoms with Crippen LogP contribution in [0.2, 0.25) is 0 Å². The van der Waals surface area contributed by atoms with E-state index in [0.717, 1.165) is 11.1 Å². The number of nitrogens with zero attached hydrogens (tertiary/aromatic N) is 3. The van der Waals surface area contributed by atoms with Crippen LogP contribution in [-0.2, 0) is 7.05 Å². The van der Waals surface area contributed by atoms with Crippen molar-refractivity contribution in [2.24, 2.45) is 7.05 Å². The SMILES string of the molecule is Cn1nc(-c2ccccc2F)c(-c2ccncc2)c1N. The molecule has 3 aromatic rings. The van der Waals surface area contributed by atoms with Gasteiger partial charge in [0, 0.05) is 25.0 Å². The van der Waals surface area contributed by atoms with Crippen LogP contribution >= 0.6 is 0 Å². The molecule has 2 N–H and O–H groups in total. The zero-order valence-electron chi connectivity index (χ0n) is 10.9. The topological polar surface area (TPSA) is 56.7 Å². The van der Waals surface area contributed by atoms with Crippen LogP contribution < -0.4 is 5.73 Å². The highest BCUT2D eigenvalue weighted by molar-refractivity contribution is 5.88. The van der Waals surface area contributed by atoms with Gasteiger partial charge in [-0.1, -0.05) is 12.1 Å². The fourth-order valence-corrected chi connectivity index (χ4v) is 2.18. The van der Waals surface area contributed by atoms with Crippen LogP contribution in [0.4, 0.5) is 10.2 Å². The Kier molecular flexibility index (Phi) is 2.95. The van der Waals surface area contributed by atoms with Gasteiger partial charge in [0.15, 0.2) is 0 Å². The Morgan fingerprint density at radius 3 is 2.50 bits per heavy atom. The van der Waals surface area contributed by atoms with Gasteiger partial charge in [0.1, 0.15) is 17.3 Å². The van der Waals surface area contributed by atoms with Crippen LogP contribution in [0.15, 0.2) is 48.8 Å². The van der Waals surface area contributed by atoms with Gasteiger partial charge in [0.05, 0.1) is 5.56 Å². The van der Waals surface area contributed by atoms with E-state index in [0.29, 0.717) is 17.1 Å². The molecule has 0 saturated heterocycles. The van der Waals surface area contributed by atoms with Crippen molar-refractivity contribution in [3.8, 4) is 22.4 Å². The molecule has 0 aliphatic rings. The van der Waals surface area contributed by atoms with E-state index in [-0.39, 0.29) is 5.82 Å². The molecule has 2 heterocycles. The van der Waals surface area contributed by atoms with Crippen LogP contribution in [0.3, 0.4) is 0 Å². The van der Waals surface area contributed by atoms with Crippen molar-refractivity contribution in [1.82, 2.24) is 14.8 Å². The van der Waals surface area contributed by atoms with Crippen LogP contribution in [0.5, 0.6) is 0 Å². The number of anilines is 1. The lowest BCUT2D eigenvalue weighted by Gasteiger charge is -2.04. The molecule has 0 amide bonds. The summed E-state index contributed by atoms with van der Waals surface area (Å²) in [4.78, 5) is 3.99. The Hall–Kier alpha value is -2.69. The zero-order valence-corrected chi connectivity index (χ0v) is 10.9. The average Bonchev–Trinajstić information content (AvgIpc) is 2.76. The number of pyridine rings is 1. The zero-order chi connectivity index (χ0) is 14.1. The summed E-state index contributed by atoms with van der Waals surface area (Å²) in [6.45, 7) is 0. The number of aryl methyl sites for hydroxylation is 1. The van der Waals surface area contributed by atoms with Crippen molar-refractivity contribution in [3.63, 3.8) is 0 Å². The number of hydrogen-bond donors (Lipinski definition) is 1. The van der Waals surface area contributed by atoms with E-state index in [9.17, 15) is 4.39 Å². The van der Waals surface area contributed by atoms with Gasteiger partial charge in [0.2, 0.25) is 0 Å². The molecule has 0 spiro atoms. The number of halogens is 1. The monoisotopic (exact) mass is 268 g/mol. The summed E-state index contributed by atoms with van der Waals surface area (Å²) in [5, 5.41) is 4.35. The van der Waals surface area contributed by atoms with Crippen molar-refractivity contribution >= 4 is 5.82 Å². The predicted octanol–water partition coefficient (Wildman–Crippen LogP) is 2.87. The fraction of sp³-hybridized carbons (Fsp3) is 0.0667. The summed E-state index contributed by atoms with van der Waals surface area (Å²) >= 11 is 0. The molecule has 2 aromatic heterocycles. The maximum absolute atomic E-state index is 14.0. The number of benzene rings is 1. The smallest absolute Gasteiger partial charge is 0.132 e. The first-order valence-corrected chi connectivity index (χ1v) is 6.16. The van der Waals surface area contributed by atoms with Crippen LogP contribution in [0.25, 0.3) is 22.4 Å². The minimum Gasteiger partial charge on any atom is -0.383 e. The van der Waals surface area contributed by atoms with Crippen molar-refractivity contribution in [2.75, 3.05) is 5.73 Å². The van der Waals surface area contributed by atoms with Crippen LogP contribution in [0.1, 0.15) is 0 Å². The first-order chi connectivity index (χ1) is 9.68. The molecule has 0 saturated carbocycles. The van der Waals surface area contributed by atoms with Crippen molar-refractivity contribution < 1.29 is 4.39 Å². The lowest BCUT2D eigenvalue weighted by atomic mass is 10.0. The van der Waals surface area contributed by atoms with Gasteiger partial charge in [-0.2, -0.15) is 5.10 Å². The third kappa shape index (κ3) is 1.93. The molecule has 4 nitrogen and oxygen atoms in total. The molecule has 3 rings (SSSR count). The summed E-state index contributed by atoms with van der Waals surface area (Å²) in [6, 6.07) is 10.2. The first-order valence-electron chi connectivity index (χ1n) is 6.16. The molecular weight excluding hydrogens is 255 g/mol. The number of rotatable bonds is 2. The summed E-state index contributed by atoms with van der Waals surface area (Å²) in [5.41, 5.74) is 8.64. The van der Waals surface area contributed by atoms with Crippen molar-refractivity contribution in [2.45, 2.75) is 0 Å². The second-order valence-electron chi connectivity index (χ2n) is 4.45. The van der Waals surface area contributed by atoms with Gasteiger partial charge in [-0.05, 0) is 29.8 Å². The third-order valence-corrected chi connectivity index (χ3v) is 3.19. The van der Waals surface area contributed by atoms with Crippen LogP contribution in [-0.4, -0.2) is 14.8 Å². The van der Waals surface area contributed by atoms with Gasteiger partial charge in [-0.3, -0.25) is 9.67 Å². The van der Waals surface area contributed by atoms with Gasteiger partial charge in [-0.15, -0.1) is 0 Å². The van der Waals surface area contributed by atoms with E-state index in [4.69, 9.17) is 5.73 Å². The minimum atomic E-state index is -0.319. The molecule has 1 aromatic carbocycles. The molecule has 0 unspecified atom stereocenters. The van der Waals surface area contributed by atoms with E-state index in [1.165, 1.54) is 6.07 Å². The quantitative estimate of drug-likeness (QED) is 0.777. The van der Waals surface area contributed by atoms with Gasteiger partial charge in [0.25, 0.3) is 0 Å². The molecule has 0 aliphatic carbocycles. The van der Waals surface area contributed by atoms with Crippen LogP contribution in [0, 0.1) is 5.82 Å². The number of nitrogen functional groups attached to an aromatic ring is 1. The highest BCUT2D eigenvalue weighted by atomic mass is 19.1. The average molecular weight is 268 g/mol. The molecule has 20 heavy (non-hydrogen) atoms. The molecule has 0 atom stereocenters. The van der Waals surface area contributed by atoms with Gasteiger partial charge < -0.3 is 5.73 Å². The number of nitrogens with two attached hydrogens (primary N) is 1. The van der Waals surface area contributed by atoms with Crippen molar-refractivity contribution in [3.05, 3.63) is 54.6 Å². The fourth-order valence-electron chi connectivity index (χ4n) is 2.18. The Balaban J connectivity index is 2.28. The summed E-state index contributed by atoms with van der Waals surface area (Å²) in [6.07, 6.45) is 3.35. The third-order valence-electron chi connectivity index (χ3n) is 3.19. The summed E-state index contributed by atoms with van der Waals surface area (Å²) in [5.74, 6) is 0.176. The highest BCUT2D eigenvalue weighted by Gasteiger charge is 2.19. The van der Waals surface area contributed by atoms with E-state index in [2.05, 4.69) is 10.1 Å². The molecular formula is C15H13FN4. The maximum atomic E-state index is 14.0. The summed E-state index contributed by atoms with van der Waals surface area (Å²) < 4.78 is 15.6. The van der Waals surface area contributed by atoms with Gasteiger partial charge >= 0.3 is 0 Å². The standard InChI is InChI=1S/C15H13FN4/c1-20-15(17)13(10-6-8-18-9-7-10)14(19-20)11-4-2-3-5-12(11)16/h2-9H,17H2,1H3. The van der Waals surface area contributed by atoms with E-state index >= 15 is 0 Å². The van der Waals surface area contributed by atoms with E-state index in [1.54, 1.807) is 42.3 Å². The normalized spacial score (nSPS) is 10.7. The Morgan fingerprint density at radius 1 is 1.10 bits per heavy atom. The highest BCUT2D eigenvalue weighted by Crippen LogP contribution is 2.36. The molecule has 0 aliphatic heterocycles. The van der Waals surface area contributed by atoms with Gasteiger partial charge in [-0.25, -0.2) is 4.39 Å². The molecule has 100 valence electrons. The Bertz CT molecular complexity index is 750. The predicted molar refractivity (Wildman–Crippen MR) is 76.2 cm³/mol. The lowest BCUT2D eigenvalue weighted by Crippen LogP contribution is -1.97.